The monoisotopic (exact) mass is 364 g/mol. The van der Waals surface area contributed by atoms with Crippen LogP contribution in [0.5, 0.6) is 0 Å². The third-order valence-corrected chi connectivity index (χ3v) is 5.08. The number of carbonyl (C=O) groups is 2. The van der Waals surface area contributed by atoms with Crippen molar-refractivity contribution in [3.05, 3.63) is 64.7 Å². The van der Waals surface area contributed by atoms with Crippen molar-refractivity contribution in [2.75, 3.05) is 5.32 Å². The Bertz CT molecular complexity index is 842. The number of aryl methyl sites for hydroxylation is 3. The van der Waals surface area contributed by atoms with Gasteiger partial charge in [-0.3, -0.25) is 9.59 Å². The molecule has 4 nitrogen and oxygen atoms in total. The van der Waals surface area contributed by atoms with Crippen molar-refractivity contribution in [1.29, 1.82) is 0 Å². The van der Waals surface area contributed by atoms with E-state index >= 15 is 0 Å². The van der Waals surface area contributed by atoms with Crippen LogP contribution in [0.1, 0.15) is 53.7 Å². The van der Waals surface area contributed by atoms with Gasteiger partial charge in [-0.25, -0.2) is 0 Å². The first-order chi connectivity index (χ1) is 12.9. The zero-order chi connectivity index (χ0) is 19.4. The Morgan fingerprint density at radius 3 is 2.52 bits per heavy atom. The van der Waals surface area contributed by atoms with Crippen LogP contribution in [0.3, 0.4) is 0 Å². The van der Waals surface area contributed by atoms with E-state index in [2.05, 4.69) is 36.6 Å². The number of rotatable bonds is 6. The smallest absolute Gasteiger partial charge is 0.252 e. The number of amides is 2. The molecule has 1 aliphatic carbocycles. The van der Waals surface area contributed by atoms with Gasteiger partial charge in [0.15, 0.2) is 0 Å². The molecule has 0 radical (unpaired) electrons. The van der Waals surface area contributed by atoms with Gasteiger partial charge in [0.05, 0.1) is 0 Å². The molecule has 3 rings (SSSR count). The number of anilines is 1. The molecule has 0 aromatic heterocycles. The molecule has 142 valence electrons. The molecular formula is C23H28N2O2. The Morgan fingerprint density at radius 2 is 1.78 bits per heavy atom. The molecule has 1 aliphatic rings. The highest BCUT2D eigenvalue weighted by Crippen LogP contribution is 2.25. The van der Waals surface area contributed by atoms with Crippen LogP contribution >= 0.6 is 0 Å². The van der Waals surface area contributed by atoms with Crippen LogP contribution in [0.25, 0.3) is 0 Å². The van der Waals surface area contributed by atoms with Crippen LogP contribution in [0.4, 0.5) is 5.69 Å². The lowest BCUT2D eigenvalue weighted by atomic mass is 10.0. The van der Waals surface area contributed by atoms with Crippen molar-refractivity contribution in [3.63, 3.8) is 0 Å². The highest BCUT2D eigenvalue weighted by atomic mass is 16.2. The summed E-state index contributed by atoms with van der Waals surface area (Å²) in [6.07, 6.45) is 3.95. The minimum Gasteiger partial charge on any atom is -0.340 e. The Kier molecular flexibility index (Phi) is 5.94. The topological polar surface area (TPSA) is 58.2 Å². The first-order valence-electron chi connectivity index (χ1n) is 9.73. The van der Waals surface area contributed by atoms with Crippen LogP contribution in [-0.2, 0) is 17.6 Å². The lowest BCUT2D eigenvalue weighted by Crippen LogP contribution is -2.44. The molecule has 0 heterocycles. The average molecular weight is 364 g/mol. The predicted molar refractivity (Wildman–Crippen MR) is 109 cm³/mol. The van der Waals surface area contributed by atoms with E-state index in [9.17, 15) is 9.59 Å². The minimum absolute atomic E-state index is 0.163. The molecule has 0 saturated heterocycles. The normalized spacial score (nSPS) is 13.9. The molecule has 2 aromatic rings. The van der Waals surface area contributed by atoms with Crippen LogP contribution in [0.15, 0.2) is 42.5 Å². The Hall–Kier alpha value is -2.62. The molecule has 0 spiro atoms. The van der Waals surface area contributed by atoms with E-state index in [0.29, 0.717) is 12.0 Å². The highest BCUT2D eigenvalue weighted by molar-refractivity contribution is 6.01. The molecule has 0 aliphatic heterocycles. The molecule has 2 N–H and O–H groups in total. The maximum Gasteiger partial charge on any atom is 0.252 e. The quantitative estimate of drug-likeness (QED) is 0.804. The molecule has 0 saturated carbocycles. The molecule has 0 bridgehead atoms. The first kappa shape index (κ1) is 19.2. The molecular weight excluding hydrogens is 336 g/mol. The highest BCUT2D eigenvalue weighted by Gasteiger charge is 2.23. The Balaban J connectivity index is 1.72. The molecule has 0 fully saturated rings. The second kappa shape index (κ2) is 8.38. The van der Waals surface area contributed by atoms with E-state index in [4.69, 9.17) is 0 Å². The molecule has 1 atom stereocenters. The van der Waals surface area contributed by atoms with Gasteiger partial charge in [-0.05, 0) is 73.4 Å². The van der Waals surface area contributed by atoms with Gasteiger partial charge in [0.25, 0.3) is 5.91 Å². The third kappa shape index (κ3) is 4.76. The van der Waals surface area contributed by atoms with E-state index in [1.165, 1.54) is 17.5 Å². The van der Waals surface area contributed by atoms with E-state index < -0.39 is 6.04 Å². The van der Waals surface area contributed by atoms with Gasteiger partial charge in [0, 0.05) is 11.3 Å². The van der Waals surface area contributed by atoms with Gasteiger partial charge in [-0.2, -0.15) is 0 Å². The summed E-state index contributed by atoms with van der Waals surface area (Å²) in [5.41, 5.74) is 5.00. The number of hydrogen-bond donors (Lipinski definition) is 2. The summed E-state index contributed by atoms with van der Waals surface area (Å²) in [5.74, 6) is -0.0793. The number of hydrogen-bond acceptors (Lipinski definition) is 2. The second-order valence-corrected chi connectivity index (χ2v) is 7.80. The number of fused-ring (bicyclic) bond motifs is 1. The summed E-state index contributed by atoms with van der Waals surface area (Å²) in [5, 5.41) is 5.92. The summed E-state index contributed by atoms with van der Waals surface area (Å²) < 4.78 is 0. The number of nitrogens with one attached hydrogen (secondary N) is 2. The van der Waals surface area contributed by atoms with Gasteiger partial charge in [-0.15, -0.1) is 0 Å². The van der Waals surface area contributed by atoms with Crippen LogP contribution < -0.4 is 10.6 Å². The van der Waals surface area contributed by atoms with Gasteiger partial charge in [0.1, 0.15) is 6.04 Å². The van der Waals surface area contributed by atoms with Crippen LogP contribution in [0.2, 0.25) is 0 Å². The number of benzene rings is 2. The van der Waals surface area contributed by atoms with Gasteiger partial charge in [-0.1, -0.05) is 38.1 Å². The van der Waals surface area contributed by atoms with Crippen molar-refractivity contribution in [1.82, 2.24) is 5.32 Å². The van der Waals surface area contributed by atoms with Crippen molar-refractivity contribution >= 4 is 17.5 Å². The minimum atomic E-state index is -0.564. The van der Waals surface area contributed by atoms with Gasteiger partial charge >= 0.3 is 0 Å². The zero-order valence-electron chi connectivity index (χ0n) is 16.3. The fraction of sp³-hybridized carbons (Fsp3) is 0.391. The average Bonchev–Trinajstić information content (AvgIpc) is 3.08. The fourth-order valence-electron chi connectivity index (χ4n) is 3.65. The zero-order valence-corrected chi connectivity index (χ0v) is 16.3. The van der Waals surface area contributed by atoms with Crippen molar-refractivity contribution in [2.45, 2.75) is 52.5 Å². The second-order valence-electron chi connectivity index (χ2n) is 7.80. The summed E-state index contributed by atoms with van der Waals surface area (Å²) in [6.45, 7) is 6.00. The van der Waals surface area contributed by atoms with Crippen LogP contribution in [0, 0.1) is 12.8 Å². The largest absolute Gasteiger partial charge is 0.340 e. The summed E-state index contributed by atoms with van der Waals surface area (Å²) in [6, 6.07) is 13.0. The maximum absolute atomic E-state index is 12.9. The van der Waals surface area contributed by atoms with Gasteiger partial charge < -0.3 is 10.6 Å². The van der Waals surface area contributed by atoms with E-state index in [0.717, 1.165) is 24.1 Å². The summed E-state index contributed by atoms with van der Waals surface area (Å²) in [4.78, 5) is 25.6. The van der Waals surface area contributed by atoms with E-state index in [1.54, 1.807) is 6.07 Å². The Morgan fingerprint density at radius 1 is 1.04 bits per heavy atom. The van der Waals surface area contributed by atoms with Crippen molar-refractivity contribution in [3.8, 4) is 0 Å². The fourth-order valence-corrected chi connectivity index (χ4v) is 3.65. The third-order valence-electron chi connectivity index (χ3n) is 5.08. The maximum atomic E-state index is 12.9. The van der Waals surface area contributed by atoms with E-state index in [1.807, 2.05) is 31.2 Å². The molecule has 1 unspecified atom stereocenters. The lowest BCUT2D eigenvalue weighted by molar-refractivity contribution is -0.118. The first-order valence-corrected chi connectivity index (χ1v) is 9.73. The lowest BCUT2D eigenvalue weighted by Gasteiger charge is -2.21. The molecule has 27 heavy (non-hydrogen) atoms. The molecule has 2 amide bonds. The van der Waals surface area contributed by atoms with Crippen molar-refractivity contribution < 1.29 is 9.59 Å². The molecule has 2 aromatic carbocycles. The van der Waals surface area contributed by atoms with Gasteiger partial charge in [0.2, 0.25) is 5.91 Å². The predicted octanol–water partition coefficient (Wildman–Crippen LogP) is 4.27. The summed E-state index contributed by atoms with van der Waals surface area (Å²) >= 11 is 0. The van der Waals surface area contributed by atoms with Crippen molar-refractivity contribution in [2.24, 2.45) is 5.92 Å². The SMILES string of the molecule is Cc1ccccc1C(=O)NC(CC(C)C)C(=O)Nc1ccc2c(c1)CCC2. The van der Waals surface area contributed by atoms with E-state index in [-0.39, 0.29) is 17.7 Å². The summed E-state index contributed by atoms with van der Waals surface area (Å²) in [7, 11) is 0. The standard InChI is InChI=1S/C23H28N2O2/c1-15(2)13-21(25-22(26)20-10-5-4-7-16(20)3)23(27)24-19-12-11-17-8-6-9-18(17)14-19/h4-5,7,10-12,14-15,21H,6,8-9,13H2,1-3H3,(H,24,27)(H,25,26). The molecule has 4 heteroatoms. The number of carbonyl (C=O) groups excluding carboxylic acids is 2. The Labute approximate surface area is 161 Å². The van der Waals surface area contributed by atoms with Crippen LogP contribution in [-0.4, -0.2) is 17.9 Å².